The van der Waals surface area contributed by atoms with Gasteiger partial charge in [-0.2, -0.15) is 5.26 Å². The Morgan fingerprint density at radius 1 is 0.839 bits per heavy atom. The number of aromatic nitrogens is 1. The number of fused-ring (bicyclic) bond motifs is 3. The van der Waals surface area contributed by atoms with E-state index in [4.69, 9.17) is 5.73 Å². The zero-order chi connectivity index (χ0) is 21.4. The predicted octanol–water partition coefficient (Wildman–Crippen LogP) is 5.48. The van der Waals surface area contributed by atoms with Crippen molar-refractivity contribution in [2.24, 2.45) is 5.73 Å². The number of benzene rings is 4. The van der Waals surface area contributed by atoms with Gasteiger partial charge in [0, 0.05) is 22.9 Å². The third-order valence-electron chi connectivity index (χ3n) is 5.73. The minimum Gasteiger partial charge on any atom is -0.366 e. The molecule has 0 atom stereocenters. The standard InChI is InChI=1S/C27H19N3O/c28-16-20-9-4-5-10-21(20)17-30-24-12-6-11-23(27(29)31)26(24)22-14-13-19(15-25(22)30)18-7-2-1-3-8-18/h1-15H,17H2,(H2,29,31). The second-order valence-electron chi connectivity index (χ2n) is 7.52. The molecule has 0 aliphatic carbocycles. The minimum atomic E-state index is -0.450. The van der Waals surface area contributed by atoms with Gasteiger partial charge in [-0.1, -0.05) is 66.7 Å². The first kappa shape index (κ1) is 18.7. The van der Waals surface area contributed by atoms with E-state index < -0.39 is 5.91 Å². The molecule has 4 heteroatoms. The van der Waals surface area contributed by atoms with Crippen molar-refractivity contribution in [3.63, 3.8) is 0 Å². The fourth-order valence-corrected chi connectivity index (χ4v) is 4.27. The summed E-state index contributed by atoms with van der Waals surface area (Å²) in [6.07, 6.45) is 0. The van der Waals surface area contributed by atoms with Gasteiger partial charge in [-0.3, -0.25) is 4.79 Å². The van der Waals surface area contributed by atoms with Crippen LogP contribution < -0.4 is 5.73 Å². The summed E-state index contributed by atoms with van der Waals surface area (Å²) < 4.78 is 2.17. The SMILES string of the molecule is N#Cc1ccccc1Cn1c2cc(-c3ccccc3)ccc2c2c(C(N)=O)cccc21. The van der Waals surface area contributed by atoms with Gasteiger partial charge < -0.3 is 10.3 Å². The molecule has 0 saturated carbocycles. The van der Waals surface area contributed by atoms with E-state index in [0.717, 1.165) is 38.5 Å². The summed E-state index contributed by atoms with van der Waals surface area (Å²) in [6.45, 7) is 0.518. The summed E-state index contributed by atoms with van der Waals surface area (Å²) in [5.41, 5.74) is 11.9. The molecule has 31 heavy (non-hydrogen) atoms. The average molecular weight is 401 g/mol. The normalized spacial score (nSPS) is 10.9. The van der Waals surface area contributed by atoms with Crippen LogP contribution in [0.5, 0.6) is 0 Å². The highest BCUT2D eigenvalue weighted by Crippen LogP contribution is 2.35. The summed E-state index contributed by atoms with van der Waals surface area (Å²) in [6, 6.07) is 32.0. The summed E-state index contributed by atoms with van der Waals surface area (Å²) in [5, 5.41) is 11.4. The van der Waals surface area contributed by atoms with E-state index in [-0.39, 0.29) is 0 Å². The maximum absolute atomic E-state index is 12.2. The lowest BCUT2D eigenvalue weighted by atomic mass is 10.0. The lowest BCUT2D eigenvalue weighted by Gasteiger charge is -2.10. The van der Waals surface area contributed by atoms with Crippen molar-refractivity contribution in [1.29, 1.82) is 5.26 Å². The Morgan fingerprint density at radius 2 is 1.61 bits per heavy atom. The number of nitrogens with two attached hydrogens (primary N) is 1. The van der Waals surface area contributed by atoms with Crippen molar-refractivity contribution in [3.8, 4) is 17.2 Å². The first-order valence-corrected chi connectivity index (χ1v) is 10.1. The topological polar surface area (TPSA) is 71.8 Å². The molecule has 5 rings (SSSR count). The third-order valence-corrected chi connectivity index (χ3v) is 5.73. The van der Waals surface area contributed by atoms with Crippen LogP contribution in [0.15, 0.2) is 91.0 Å². The molecule has 5 aromatic rings. The van der Waals surface area contributed by atoms with Crippen LogP contribution in [0.3, 0.4) is 0 Å². The number of rotatable bonds is 4. The van der Waals surface area contributed by atoms with Crippen LogP contribution in [-0.2, 0) is 6.54 Å². The highest BCUT2D eigenvalue weighted by Gasteiger charge is 2.18. The number of nitrogens with zero attached hydrogens (tertiary/aromatic N) is 2. The van der Waals surface area contributed by atoms with Crippen molar-refractivity contribution in [2.45, 2.75) is 6.54 Å². The second-order valence-corrected chi connectivity index (χ2v) is 7.52. The van der Waals surface area contributed by atoms with E-state index in [1.165, 1.54) is 0 Å². The smallest absolute Gasteiger partial charge is 0.249 e. The molecule has 0 fully saturated rings. The van der Waals surface area contributed by atoms with Crippen molar-refractivity contribution in [1.82, 2.24) is 4.57 Å². The zero-order valence-corrected chi connectivity index (χ0v) is 16.7. The second kappa shape index (κ2) is 7.47. The molecule has 0 saturated heterocycles. The number of carbonyl (C=O) groups is 1. The Balaban J connectivity index is 1.83. The summed E-state index contributed by atoms with van der Waals surface area (Å²) in [7, 11) is 0. The molecule has 1 heterocycles. The first-order valence-electron chi connectivity index (χ1n) is 10.1. The number of hydrogen-bond donors (Lipinski definition) is 1. The van der Waals surface area contributed by atoms with E-state index in [1.54, 1.807) is 6.07 Å². The van der Waals surface area contributed by atoms with Gasteiger partial charge >= 0.3 is 0 Å². The summed E-state index contributed by atoms with van der Waals surface area (Å²) in [4.78, 5) is 12.2. The molecule has 0 spiro atoms. The predicted molar refractivity (Wildman–Crippen MR) is 124 cm³/mol. The van der Waals surface area contributed by atoms with Crippen LogP contribution in [0, 0.1) is 11.3 Å². The van der Waals surface area contributed by atoms with E-state index in [2.05, 4.69) is 41.0 Å². The largest absolute Gasteiger partial charge is 0.366 e. The Morgan fingerprint density at radius 3 is 2.39 bits per heavy atom. The molecule has 4 aromatic carbocycles. The molecular formula is C27H19N3O. The quantitative estimate of drug-likeness (QED) is 0.433. The molecule has 0 aliphatic rings. The van der Waals surface area contributed by atoms with Crippen molar-refractivity contribution in [3.05, 3.63) is 108 Å². The first-order chi connectivity index (χ1) is 15.2. The van der Waals surface area contributed by atoms with Gasteiger partial charge in [0.2, 0.25) is 5.91 Å². The Labute approximate surface area is 179 Å². The Kier molecular flexibility index (Phi) is 4.50. The van der Waals surface area contributed by atoms with Crippen molar-refractivity contribution in [2.75, 3.05) is 0 Å². The monoisotopic (exact) mass is 401 g/mol. The Hall–Kier alpha value is -4.36. The van der Waals surface area contributed by atoms with Gasteiger partial charge in [0.15, 0.2) is 0 Å². The van der Waals surface area contributed by atoms with Crippen LogP contribution >= 0.6 is 0 Å². The summed E-state index contributed by atoms with van der Waals surface area (Å²) in [5.74, 6) is -0.450. The van der Waals surface area contributed by atoms with Crippen LogP contribution in [-0.4, -0.2) is 10.5 Å². The molecule has 0 bridgehead atoms. The van der Waals surface area contributed by atoms with Gasteiger partial charge in [-0.25, -0.2) is 0 Å². The minimum absolute atomic E-state index is 0.450. The molecule has 0 unspecified atom stereocenters. The van der Waals surface area contributed by atoms with Crippen LogP contribution in [0.4, 0.5) is 0 Å². The number of primary amides is 1. The van der Waals surface area contributed by atoms with Gasteiger partial charge in [0.05, 0.1) is 22.7 Å². The average Bonchev–Trinajstić information content (AvgIpc) is 3.13. The molecular weight excluding hydrogens is 382 g/mol. The molecule has 1 amide bonds. The highest BCUT2D eigenvalue weighted by molar-refractivity contribution is 6.18. The lowest BCUT2D eigenvalue weighted by Crippen LogP contribution is -2.11. The molecule has 4 nitrogen and oxygen atoms in total. The maximum Gasteiger partial charge on any atom is 0.249 e. The molecule has 0 radical (unpaired) electrons. The van der Waals surface area contributed by atoms with Gasteiger partial charge in [0.1, 0.15) is 0 Å². The van der Waals surface area contributed by atoms with Crippen LogP contribution in [0.25, 0.3) is 32.9 Å². The van der Waals surface area contributed by atoms with Crippen molar-refractivity contribution < 1.29 is 4.79 Å². The lowest BCUT2D eigenvalue weighted by molar-refractivity contribution is 0.100. The third kappa shape index (κ3) is 3.13. The number of carbonyl (C=O) groups excluding carboxylic acids is 1. The zero-order valence-electron chi connectivity index (χ0n) is 16.7. The fourth-order valence-electron chi connectivity index (χ4n) is 4.27. The van der Waals surface area contributed by atoms with Crippen LogP contribution in [0.1, 0.15) is 21.5 Å². The number of hydrogen-bond acceptors (Lipinski definition) is 2. The Bertz CT molecular complexity index is 1490. The fraction of sp³-hybridized carbons (Fsp3) is 0.0370. The van der Waals surface area contributed by atoms with Crippen LogP contribution in [0.2, 0.25) is 0 Å². The van der Waals surface area contributed by atoms with Gasteiger partial charge in [0.25, 0.3) is 0 Å². The van der Waals surface area contributed by atoms with E-state index >= 15 is 0 Å². The molecule has 1 aromatic heterocycles. The van der Waals surface area contributed by atoms with Gasteiger partial charge in [-0.15, -0.1) is 0 Å². The number of amides is 1. The van der Waals surface area contributed by atoms with E-state index in [1.807, 2.05) is 54.6 Å². The molecule has 2 N–H and O–H groups in total. The summed E-state index contributed by atoms with van der Waals surface area (Å²) >= 11 is 0. The van der Waals surface area contributed by atoms with E-state index in [0.29, 0.717) is 17.7 Å². The molecule has 0 aliphatic heterocycles. The maximum atomic E-state index is 12.2. The molecule has 148 valence electrons. The van der Waals surface area contributed by atoms with Crippen molar-refractivity contribution >= 4 is 27.7 Å². The highest BCUT2D eigenvalue weighted by atomic mass is 16.1. The number of nitriles is 1. The van der Waals surface area contributed by atoms with Gasteiger partial charge in [-0.05, 0) is 41.0 Å². The van der Waals surface area contributed by atoms with E-state index in [9.17, 15) is 10.1 Å².